The van der Waals surface area contributed by atoms with Crippen molar-refractivity contribution >= 4 is 23.4 Å². The summed E-state index contributed by atoms with van der Waals surface area (Å²) in [5, 5.41) is 10.9. The van der Waals surface area contributed by atoms with Crippen LogP contribution in [0.15, 0.2) is 64.8 Å². The van der Waals surface area contributed by atoms with Gasteiger partial charge in [0.15, 0.2) is 11.5 Å². The van der Waals surface area contributed by atoms with E-state index < -0.39 is 0 Å². The summed E-state index contributed by atoms with van der Waals surface area (Å²) >= 11 is 7.54. The molecule has 0 amide bonds. The maximum Gasteiger partial charge on any atom is 0.162 e. The van der Waals surface area contributed by atoms with Crippen molar-refractivity contribution in [3.05, 3.63) is 59.9 Å². The van der Waals surface area contributed by atoms with Crippen molar-refractivity contribution in [2.75, 3.05) is 19.8 Å². The average Bonchev–Trinajstić information content (AvgIpc) is 3.14. The van der Waals surface area contributed by atoms with Gasteiger partial charge in [-0.1, -0.05) is 23.4 Å². The number of rotatable bonds is 5. The van der Waals surface area contributed by atoms with Crippen LogP contribution in [-0.4, -0.2) is 39.5 Å². The maximum atomic E-state index is 9.46. The number of aliphatic hydroxyl groups excluding tert-OH is 1. The lowest BCUT2D eigenvalue weighted by atomic mass is 10.1. The molecule has 30 heavy (non-hydrogen) atoms. The molecule has 1 aromatic heterocycles. The van der Waals surface area contributed by atoms with Crippen LogP contribution < -0.4 is 9.47 Å². The topological polar surface area (TPSA) is 69.4 Å². The fourth-order valence-electron chi connectivity index (χ4n) is 3.43. The number of nitrogens with zero attached hydrogens (tertiary/aromatic N) is 3. The van der Waals surface area contributed by atoms with Crippen LogP contribution in [0.2, 0.25) is 5.02 Å². The summed E-state index contributed by atoms with van der Waals surface area (Å²) < 4.78 is 13.4. The molecule has 0 aliphatic carbocycles. The van der Waals surface area contributed by atoms with Crippen LogP contribution >= 0.6 is 23.4 Å². The quantitative estimate of drug-likeness (QED) is 0.489. The van der Waals surface area contributed by atoms with E-state index in [4.69, 9.17) is 26.1 Å². The van der Waals surface area contributed by atoms with Crippen molar-refractivity contribution in [3.8, 4) is 34.1 Å². The van der Waals surface area contributed by atoms with Gasteiger partial charge in [0.05, 0.1) is 22.2 Å². The summed E-state index contributed by atoms with van der Waals surface area (Å²) in [6.45, 7) is 1.59. The molecule has 1 aromatic carbocycles. The molecule has 0 saturated heterocycles. The predicted molar refractivity (Wildman–Crippen MR) is 116 cm³/mol. The summed E-state index contributed by atoms with van der Waals surface area (Å²) in [4.78, 5) is 10.4. The summed E-state index contributed by atoms with van der Waals surface area (Å²) in [6, 6.07) is 13.6. The van der Waals surface area contributed by atoms with Gasteiger partial charge in [0, 0.05) is 30.1 Å². The Morgan fingerprint density at radius 3 is 2.77 bits per heavy atom. The minimum atomic E-state index is 0.0389. The van der Waals surface area contributed by atoms with Crippen molar-refractivity contribution in [1.82, 2.24) is 14.5 Å². The number of aromatic nitrogens is 3. The van der Waals surface area contributed by atoms with Gasteiger partial charge < -0.3 is 19.1 Å². The van der Waals surface area contributed by atoms with Crippen molar-refractivity contribution < 1.29 is 14.6 Å². The van der Waals surface area contributed by atoms with Crippen LogP contribution in [0.3, 0.4) is 0 Å². The molecular weight excluding hydrogens is 422 g/mol. The van der Waals surface area contributed by atoms with Gasteiger partial charge in [0.25, 0.3) is 0 Å². The highest BCUT2D eigenvalue weighted by atomic mass is 35.5. The zero-order chi connectivity index (χ0) is 20.5. The molecule has 0 atom stereocenters. The lowest BCUT2D eigenvalue weighted by Crippen LogP contribution is -2.15. The first kappa shape index (κ1) is 19.2. The fourth-order valence-corrected chi connectivity index (χ4v) is 4.53. The summed E-state index contributed by atoms with van der Waals surface area (Å²) in [5.41, 5.74) is 2.77. The number of hydrogen-bond acceptors (Lipinski definition) is 6. The van der Waals surface area contributed by atoms with E-state index in [1.54, 1.807) is 6.20 Å². The van der Waals surface area contributed by atoms with E-state index in [9.17, 15) is 5.11 Å². The number of aliphatic hydroxyl groups is 1. The van der Waals surface area contributed by atoms with Crippen molar-refractivity contribution in [2.24, 2.45) is 0 Å². The summed E-state index contributed by atoms with van der Waals surface area (Å²) in [7, 11) is 0. The Bertz CT molecular complexity index is 1160. The van der Waals surface area contributed by atoms with E-state index >= 15 is 0 Å². The van der Waals surface area contributed by atoms with Crippen molar-refractivity contribution in [3.63, 3.8) is 0 Å². The number of hydrogen-bond donors (Lipinski definition) is 1. The van der Waals surface area contributed by atoms with Crippen LogP contribution in [0.25, 0.3) is 22.6 Å². The summed E-state index contributed by atoms with van der Waals surface area (Å²) in [6.07, 6.45) is 3.56. The van der Waals surface area contributed by atoms with Crippen LogP contribution in [-0.2, 0) is 6.54 Å². The fraction of sp³-hybridized carbons (Fsp3) is 0.182. The zero-order valence-electron chi connectivity index (χ0n) is 15.9. The summed E-state index contributed by atoms with van der Waals surface area (Å²) in [5.74, 6) is 2.27. The monoisotopic (exact) mass is 439 g/mol. The molecule has 2 aromatic rings. The van der Waals surface area contributed by atoms with Gasteiger partial charge in [0.2, 0.25) is 0 Å². The Balaban J connectivity index is 1.65. The highest BCUT2D eigenvalue weighted by Gasteiger charge is 2.24. The lowest BCUT2D eigenvalue weighted by Gasteiger charge is -2.18. The maximum absolute atomic E-state index is 9.46. The first-order chi connectivity index (χ1) is 14.7. The number of benzene rings is 1. The third-order valence-corrected chi connectivity index (χ3v) is 6.07. The second-order valence-electron chi connectivity index (χ2n) is 6.73. The number of ether oxygens (including phenoxy) is 2. The standard InChI is InChI=1S/C22H18ClN3O3S/c23-15-4-6-19(24-13-15)30-21-16-2-1-7-26(8-9-27)22(16)25-20(21)14-3-5-17-18(12-14)29-11-10-28-17/h1-7,12-13,27H,8-11H2. The molecule has 6 nitrogen and oxygen atoms in total. The van der Waals surface area contributed by atoms with Crippen molar-refractivity contribution in [1.29, 1.82) is 0 Å². The third-order valence-electron chi connectivity index (χ3n) is 4.78. The minimum absolute atomic E-state index is 0.0389. The molecule has 3 aliphatic heterocycles. The van der Waals surface area contributed by atoms with Gasteiger partial charge in [-0.2, -0.15) is 0 Å². The molecule has 0 spiro atoms. The SMILES string of the molecule is OCCn1cccc2c(Sc3ccc(Cl)cn3)c(-c3ccc4c(c3)OCCO4)nc1-2. The molecule has 3 aliphatic rings. The normalized spacial score (nSPS) is 13.0. The first-order valence-electron chi connectivity index (χ1n) is 9.52. The second-order valence-corrected chi connectivity index (χ2v) is 8.19. The lowest BCUT2D eigenvalue weighted by molar-refractivity contribution is 0.171. The van der Waals surface area contributed by atoms with Crippen LogP contribution in [0.4, 0.5) is 0 Å². The zero-order valence-corrected chi connectivity index (χ0v) is 17.5. The smallest absolute Gasteiger partial charge is 0.162 e. The van der Waals surface area contributed by atoms with Gasteiger partial charge in [-0.25, -0.2) is 9.97 Å². The van der Waals surface area contributed by atoms with Crippen LogP contribution in [0.5, 0.6) is 11.5 Å². The predicted octanol–water partition coefficient (Wildman–Crippen LogP) is 4.62. The first-order valence-corrected chi connectivity index (χ1v) is 10.7. The highest BCUT2D eigenvalue weighted by molar-refractivity contribution is 7.99. The molecule has 0 bridgehead atoms. The van der Waals surface area contributed by atoms with E-state index in [1.165, 1.54) is 11.8 Å². The average molecular weight is 440 g/mol. The number of pyridine rings is 2. The molecule has 0 fully saturated rings. The molecule has 0 saturated carbocycles. The van der Waals surface area contributed by atoms with Crippen LogP contribution in [0, 0.1) is 0 Å². The Morgan fingerprint density at radius 2 is 1.97 bits per heavy atom. The van der Waals surface area contributed by atoms with Gasteiger partial charge in [-0.15, -0.1) is 0 Å². The Labute approximate surface area is 182 Å². The number of fused-ring (bicyclic) bond motifs is 2. The van der Waals surface area contributed by atoms with Crippen LogP contribution in [0.1, 0.15) is 0 Å². The molecule has 5 rings (SSSR count). The molecule has 0 unspecified atom stereocenters. The van der Waals surface area contributed by atoms with E-state index in [0.717, 1.165) is 44.1 Å². The van der Waals surface area contributed by atoms with E-state index in [0.29, 0.717) is 24.8 Å². The molecular formula is C22H18ClN3O3S. The number of halogens is 1. The molecule has 152 valence electrons. The molecule has 8 heteroatoms. The minimum Gasteiger partial charge on any atom is -0.486 e. The highest BCUT2D eigenvalue weighted by Crippen LogP contribution is 2.45. The van der Waals surface area contributed by atoms with Gasteiger partial charge in [-0.05, 0) is 42.5 Å². The van der Waals surface area contributed by atoms with E-state index in [1.807, 2.05) is 53.2 Å². The molecule has 1 N–H and O–H groups in total. The Morgan fingerprint density at radius 1 is 1.10 bits per heavy atom. The van der Waals surface area contributed by atoms with E-state index in [-0.39, 0.29) is 6.61 Å². The second kappa shape index (κ2) is 8.18. The van der Waals surface area contributed by atoms with E-state index in [2.05, 4.69) is 4.98 Å². The Hall–Kier alpha value is -2.74. The molecule has 4 heterocycles. The van der Waals surface area contributed by atoms with Gasteiger partial charge >= 0.3 is 0 Å². The van der Waals surface area contributed by atoms with Gasteiger partial charge in [0.1, 0.15) is 24.1 Å². The third kappa shape index (κ3) is 3.60. The Kier molecular flexibility index (Phi) is 5.25. The molecule has 0 radical (unpaired) electrons. The van der Waals surface area contributed by atoms with Gasteiger partial charge in [-0.3, -0.25) is 0 Å². The largest absolute Gasteiger partial charge is 0.486 e. The van der Waals surface area contributed by atoms with Crippen molar-refractivity contribution in [2.45, 2.75) is 16.5 Å².